The second-order valence-corrected chi connectivity index (χ2v) is 5.68. The zero-order valence-electron chi connectivity index (χ0n) is 13.8. The Labute approximate surface area is 133 Å². The second kappa shape index (κ2) is 7.86. The summed E-state index contributed by atoms with van der Waals surface area (Å²) in [6.45, 7) is 11.7. The van der Waals surface area contributed by atoms with Crippen LogP contribution in [0.25, 0.3) is 0 Å². The fourth-order valence-corrected chi connectivity index (χ4v) is 2.78. The van der Waals surface area contributed by atoms with Crippen molar-refractivity contribution in [3.63, 3.8) is 0 Å². The SMILES string of the molecule is CC#CC(=O)NCCN1CCN(c2cccc(C)c2C)CC1. The predicted molar refractivity (Wildman–Crippen MR) is 91.0 cm³/mol. The lowest BCUT2D eigenvalue weighted by Crippen LogP contribution is -2.48. The number of benzene rings is 1. The Morgan fingerprint density at radius 1 is 1.23 bits per heavy atom. The van der Waals surface area contributed by atoms with Gasteiger partial charge in [-0.3, -0.25) is 9.69 Å². The number of piperazine rings is 1. The highest BCUT2D eigenvalue weighted by Gasteiger charge is 2.18. The Kier molecular flexibility index (Phi) is 5.85. The fraction of sp³-hybridized carbons (Fsp3) is 0.500. The lowest BCUT2D eigenvalue weighted by Gasteiger charge is -2.37. The van der Waals surface area contributed by atoms with E-state index in [4.69, 9.17) is 0 Å². The van der Waals surface area contributed by atoms with Gasteiger partial charge >= 0.3 is 0 Å². The van der Waals surface area contributed by atoms with Crippen molar-refractivity contribution in [1.82, 2.24) is 10.2 Å². The molecule has 1 aromatic rings. The van der Waals surface area contributed by atoms with Gasteiger partial charge in [-0.05, 0) is 43.9 Å². The molecule has 0 saturated carbocycles. The van der Waals surface area contributed by atoms with Crippen molar-refractivity contribution in [3.8, 4) is 11.8 Å². The van der Waals surface area contributed by atoms with E-state index in [0.29, 0.717) is 6.54 Å². The summed E-state index contributed by atoms with van der Waals surface area (Å²) in [5.41, 5.74) is 4.08. The standard InChI is InChI=1S/C18H25N3O/c1-4-6-18(22)19-9-10-20-11-13-21(14-12-20)17-8-5-7-15(2)16(17)3/h5,7-8H,9-14H2,1-3H3,(H,19,22). The average Bonchev–Trinajstić information content (AvgIpc) is 2.51. The van der Waals surface area contributed by atoms with Crippen molar-refractivity contribution in [2.24, 2.45) is 0 Å². The number of nitrogens with zero attached hydrogens (tertiary/aromatic N) is 2. The lowest BCUT2D eigenvalue weighted by atomic mass is 10.1. The summed E-state index contributed by atoms with van der Waals surface area (Å²) in [4.78, 5) is 16.1. The average molecular weight is 299 g/mol. The van der Waals surface area contributed by atoms with Gasteiger partial charge in [0.2, 0.25) is 0 Å². The first-order valence-corrected chi connectivity index (χ1v) is 7.86. The highest BCUT2D eigenvalue weighted by molar-refractivity contribution is 5.93. The minimum atomic E-state index is -0.184. The molecule has 1 aliphatic heterocycles. The second-order valence-electron chi connectivity index (χ2n) is 5.68. The van der Waals surface area contributed by atoms with Crippen LogP contribution in [-0.4, -0.2) is 50.1 Å². The summed E-state index contributed by atoms with van der Waals surface area (Å²) in [7, 11) is 0. The van der Waals surface area contributed by atoms with Gasteiger partial charge in [0.15, 0.2) is 0 Å². The molecule has 0 aromatic heterocycles. The van der Waals surface area contributed by atoms with Crippen LogP contribution in [-0.2, 0) is 4.79 Å². The van der Waals surface area contributed by atoms with Gasteiger partial charge in [-0.1, -0.05) is 18.1 Å². The molecule has 0 unspecified atom stereocenters. The molecule has 0 atom stereocenters. The normalized spacial score (nSPS) is 15.1. The number of nitrogens with one attached hydrogen (secondary N) is 1. The first-order chi connectivity index (χ1) is 10.6. The van der Waals surface area contributed by atoms with Crippen molar-refractivity contribution in [3.05, 3.63) is 29.3 Å². The molecule has 1 aromatic carbocycles. The van der Waals surface area contributed by atoms with E-state index < -0.39 is 0 Å². The van der Waals surface area contributed by atoms with Crippen LogP contribution < -0.4 is 10.2 Å². The van der Waals surface area contributed by atoms with Gasteiger partial charge in [-0.2, -0.15) is 0 Å². The molecular weight excluding hydrogens is 274 g/mol. The highest BCUT2D eigenvalue weighted by Crippen LogP contribution is 2.23. The molecule has 0 radical (unpaired) electrons. The topological polar surface area (TPSA) is 35.6 Å². The Balaban J connectivity index is 1.79. The van der Waals surface area contributed by atoms with Crippen molar-refractivity contribution >= 4 is 11.6 Å². The maximum absolute atomic E-state index is 11.3. The number of carbonyl (C=O) groups excluding carboxylic acids is 1. The van der Waals surface area contributed by atoms with E-state index >= 15 is 0 Å². The number of carbonyl (C=O) groups is 1. The molecule has 1 heterocycles. The maximum atomic E-state index is 11.3. The zero-order valence-corrected chi connectivity index (χ0v) is 13.8. The summed E-state index contributed by atoms with van der Waals surface area (Å²) < 4.78 is 0. The number of amides is 1. The Hall–Kier alpha value is -1.99. The van der Waals surface area contributed by atoms with Crippen LogP contribution in [0.5, 0.6) is 0 Å². The number of anilines is 1. The molecule has 2 rings (SSSR count). The highest BCUT2D eigenvalue weighted by atomic mass is 16.1. The van der Waals surface area contributed by atoms with Crippen molar-refractivity contribution in [1.29, 1.82) is 0 Å². The molecule has 0 bridgehead atoms. The molecule has 1 aliphatic rings. The molecule has 0 aliphatic carbocycles. The molecule has 22 heavy (non-hydrogen) atoms. The monoisotopic (exact) mass is 299 g/mol. The van der Waals surface area contributed by atoms with Crippen molar-refractivity contribution in [2.75, 3.05) is 44.2 Å². The minimum absolute atomic E-state index is 0.184. The van der Waals surface area contributed by atoms with Crippen LogP contribution in [0.2, 0.25) is 0 Å². The molecular formula is C18H25N3O. The van der Waals surface area contributed by atoms with Crippen LogP contribution in [0.4, 0.5) is 5.69 Å². The van der Waals surface area contributed by atoms with Crippen LogP contribution in [0.3, 0.4) is 0 Å². The van der Waals surface area contributed by atoms with Gasteiger partial charge in [0, 0.05) is 45.0 Å². The van der Waals surface area contributed by atoms with E-state index in [9.17, 15) is 4.79 Å². The number of rotatable bonds is 4. The molecule has 4 heteroatoms. The number of aryl methyl sites for hydroxylation is 1. The van der Waals surface area contributed by atoms with E-state index in [-0.39, 0.29) is 5.91 Å². The van der Waals surface area contributed by atoms with Crippen LogP contribution in [0, 0.1) is 25.7 Å². The van der Waals surface area contributed by atoms with Gasteiger partial charge in [-0.25, -0.2) is 0 Å². The van der Waals surface area contributed by atoms with E-state index in [1.807, 2.05) is 0 Å². The number of hydrogen-bond acceptors (Lipinski definition) is 3. The minimum Gasteiger partial charge on any atom is -0.369 e. The molecule has 1 amide bonds. The van der Waals surface area contributed by atoms with Crippen molar-refractivity contribution < 1.29 is 4.79 Å². The zero-order chi connectivity index (χ0) is 15.9. The molecule has 1 saturated heterocycles. The molecule has 0 spiro atoms. The van der Waals surface area contributed by atoms with Gasteiger partial charge < -0.3 is 10.2 Å². The fourth-order valence-electron chi connectivity index (χ4n) is 2.78. The summed E-state index contributed by atoms with van der Waals surface area (Å²) in [5.74, 6) is 4.92. The Morgan fingerprint density at radius 3 is 2.64 bits per heavy atom. The molecule has 4 nitrogen and oxygen atoms in total. The van der Waals surface area contributed by atoms with E-state index in [1.54, 1.807) is 6.92 Å². The van der Waals surface area contributed by atoms with Crippen LogP contribution in [0.1, 0.15) is 18.1 Å². The Bertz CT molecular complexity index is 578. The lowest BCUT2D eigenvalue weighted by molar-refractivity contribution is -0.115. The number of hydrogen-bond donors (Lipinski definition) is 1. The molecule has 1 N–H and O–H groups in total. The summed E-state index contributed by atoms with van der Waals surface area (Å²) in [5, 5.41) is 2.82. The first-order valence-electron chi connectivity index (χ1n) is 7.86. The smallest absolute Gasteiger partial charge is 0.295 e. The van der Waals surface area contributed by atoms with Gasteiger partial charge in [0.05, 0.1) is 0 Å². The van der Waals surface area contributed by atoms with Crippen LogP contribution in [0.15, 0.2) is 18.2 Å². The van der Waals surface area contributed by atoms with Gasteiger partial charge in [-0.15, -0.1) is 0 Å². The third kappa shape index (κ3) is 4.25. The third-order valence-corrected chi connectivity index (χ3v) is 4.24. The van der Waals surface area contributed by atoms with Gasteiger partial charge in [0.25, 0.3) is 5.91 Å². The van der Waals surface area contributed by atoms with E-state index in [0.717, 1.165) is 32.7 Å². The maximum Gasteiger partial charge on any atom is 0.295 e. The Morgan fingerprint density at radius 2 is 1.95 bits per heavy atom. The molecule has 1 fully saturated rings. The van der Waals surface area contributed by atoms with Crippen LogP contribution >= 0.6 is 0 Å². The first kappa shape index (κ1) is 16.4. The summed E-state index contributed by atoms with van der Waals surface area (Å²) in [6, 6.07) is 6.51. The summed E-state index contributed by atoms with van der Waals surface area (Å²) in [6.07, 6.45) is 0. The predicted octanol–water partition coefficient (Wildman–Crippen LogP) is 1.56. The largest absolute Gasteiger partial charge is 0.369 e. The molecule has 118 valence electrons. The van der Waals surface area contributed by atoms with E-state index in [1.165, 1.54) is 16.8 Å². The van der Waals surface area contributed by atoms with E-state index in [2.05, 4.69) is 59.0 Å². The summed E-state index contributed by atoms with van der Waals surface area (Å²) >= 11 is 0. The van der Waals surface area contributed by atoms with Gasteiger partial charge in [0.1, 0.15) is 0 Å². The van der Waals surface area contributed by atoms with Crippen molar-refractivity contribution in [2.45, 2.75) is 20.8 Å². The third-order valence-electron chi connectivity index (χ3n) is 4.24. The quantitative estimate of drug-likeness (QED) is 0.857.